The summed E-state index contributed by atoms with van der Waals surface area (Å²) in [4.78, 5) is 11.2. The first-order valence-electron chi connectivity index (χ1n) is 7.94. The highest BCUT2D eigenvalue weighted by molar-refractivity contribution is 5.94. The molecule has 0 radical (unpaired) electrons. The van der Waals surface area contributed by atoms with Crippen LogP contribution in [0.25, 0.3) is 0 Å². The van der Waals surface area contributed by atoms with Crippen LogP contribution in [0.5, 0.6) is 0 Å². The second kappa shape index (κ2) is 5.66. The topological polar surface area (TPSA) is 55.1 Å². The van der Waals surface area contributed by atoms with Crippen molar-refractivity contribution in [2.24, 2.45) is 11.1 Å². The van der Waals surface area contributed by atoms with E-state index in [9.17, 15) is 9.18 Å². The van der Waals surface area contributed by atoms with Gasteiger partial charge in [0.1, 0.15) is 5.82 Å². The Balaban J connectivity index is 1.63. The summed E-state index contributed by atoms with van der Waals surface area (Å²) in [6.07, 6.45) is 10.4. The smallest absolute Gasteiger partial charge is 0.251 e. The first kappa shape index (κ1) is 14.4. The molecule has 21 heavy (non-hydrogen) atoms. The van der Waals surface area contributed by atoms with Crippen LogP contribution in [0.15, 0.2) is 18.2 Å². The van der Waals surface area contributed by atoms with Gasteiger partial charge in [-0.05, 0) is 62.1 Å². The van der Waals surface area contributed by atoms with Crippen LogP contribution in [0.1, 0.15) is 61.7 Å². The van der Waals surface area contributed by atoms with Crippen LogP contribution >= 0.6 is 0 Å². The van der Waals surface area contributed by atoms with E-state index in [-0.39, 0.29) is 5.56 Å². The van der Waals surface area contributed by atoms with E-state index < -0.39 is 11.7 Å². The molecule has 114 valence electrons. The third-order valence-corrected chi connectivity index (χ3v) is 5.31. The molecular formula is C17H23FN2O. The number of primary amides is 1. The summed E-state index contributed by atoms with van der Waals surface area (Å²) < 4.78 is 13.5. The minimum Gasteiger partial charge on any atom is -0.382 e. The summed E-state index contributed by atoms with van der Waals surface area (Å²) in [6.45, 7) is 0. The highest BCUT2D eigenvalue weighted by Gasteiger charge is 2.37. The zero-order valence-electron chi connectivity index (χ0n) is 12.3. The van der Waals surface area contributed by atoms with E-state index in [0.29, 0.717) is 11.5 Å². The van der Waals surface area contributed by atoms with Gasteiger partial charge < -0.3 is 11.1 Å². The van der Waals surface area contributed by atoms with Crippen molar-refractivity contribution in [1.29, 1.82) is 0 Å². The van der Waals surface area contributed by atoms with Crippen molar-refractivity contribution >= 4 is 11.6 Å². The maximum atomic E-state index is 13.5. The van der Waals surface area contributed by atoms with Gasteiger partial charge in [0.15, 0.2) is 0 Å². The molecule has 0 atom stereocenters. The zero-order chi connectivity index (χ0) is 14.9. The Labute approximate surface area is 125 Å². The van der Waals surface area contributed by atoms with Gasteiger partial charge in [0.2, 0.25) is 0 Å². The number of hydrogen-bond acceptors (Lipinski definition) is 2. The van der Waals surface area contributed by atoms with Gasteiger partial charge in [-0.2, -0.15) is 0 Å². The Morgan fingerprint density at radius 2 is 1.86 bits per heavy atom. The molecule has 1 amide bonds. The fourth-order valence-electron chi connectivity index (χ4n) is 4.04. The molecular weight excluding hydrogens is 267 g/mol. The standard InChI is InChI=1S/C17H23FN2O/c18-15-4-3-13(11-14(15)16(19)21)20-12-5-9-17(10-6-12)7-1-2-8-17/h3-4,11-12,20H,1-2,5-10H2,(H2,19,21). The largest absolute Gasteiger partial charge is 0.382 e. The minimum atomic E-state index is -0.718. The van der Waals surface area contributed by atoms with Gasteiger partial charge in [-0.25, -0.2) is 4.39 Å². The van der Waals surface area contributed by atoms with E-state index in [1.807, 2.05) is 0 Å². The second-order valence-corrected chi connectivity index (χ2v) is 6.68. The molecule has 4 heteroatoms. The van der Waals surface area contributed by atoms with Crippen molar-refractivity contribution in [3.05, 3.63) is 29.6 Å². The average molecular weight is 290 g/mol. The molecule has 2 aliphatic carbocycles. The maximum Gasteiger partial charge on any atom is 0.251 e. The molecule has 2 saturated carbocycles. The lowest BCUT2D eigenvalue weighted by molar-refractivity contribution is 0.0996. The van der Waals surface area contributed by atoms with E-state index in [1.54, 1.807) is 6.07 Å². The first-order chi connectivity index (χ1) is 10.1. The molecule has 3 rings (SSSR count). The van der Waals surface area contributed by atoms with E-state index >= 15 is 0 Å². The Bertz CT molecular complexity index is 528. The molecule has 1 spiro atoms. The molecule has 0 unspecified atom stereocenters. The zero-order valence-corrected chi connectivity index (χ0v) is 12.3. The highest BCUT2D eigenvalue weighted by Crippen LogP contribution is 2.49. The van der Waals surface area contributed by atoms with Crippen LogP contribution in [0.4, 0.5) is 10.1 Å². The third-order valence-electron chi connectivity index (χ3n) is 5.31. The first-order valence-corrected chi connectivity index (χ1v) is 7.94. The number of carbonyl (C=O) groups excluding carboxylic acids is 1. The molecule has 0 bridgehead atoms. The monoisotopic (exact) mass is 290 g/mol. The van der Waals surface area contributed by atoms with Gasteiger partial charge in [0.25, 0.3) is 5.91 Å². The lowest BCUT2D eigenvalue weighted by Crippen LogP contribution is -2.31. The van der Waals surface area contributed by atoms with Gasteiger partial charge in [-0.1, -0.05) is 12.8 Å². The molecule has 0 heterocycles. The number of halogens is 1. The van der Waals surface area contributed by atoms with E-state index in [2.05, 4.69) is 5.32 Å². The predicted molar refractivity (Wildman–Crippen MR) is 81.7 cm³/mol. The number of anilines is 1. The molecule has 3 N–H and O–H groups in total. The molecule has 1 aromatic rings. The number of nitrogens with two attached hydrogens (primary N) is 1. The lowest BCUT2D eigenvalue weighted by Gasteiger charge is -2.37. The van der Waals surface area contributed by atoms with Crippen molar-refractivity contribution in [1.82, 2.24) is 0 Å². The summed E-state index contributed by atoms with van der Waals surface area (Å²) in [5, 5.41) is 3.44. The van der Waals surface area contributed by atoms with Crippen molar-refractivity contribution in [2.75, 3.05) is 5.32 Å². The van der Waals surface area contributed by atoms with Gasteiger partial charge in [0, 0.05) is 11.7 Å². The number of carbonyl (C=O) groups is 1. The summed E-state index contributed by atoms with van der Waals surface area (Å²) in [5.74, 6) is -1.27. The van der Waals surface area contributed by atoms with Crippen LogP contribution in [0.3, 0.4) is 0 Å². The Hall–Kier alpha value is -1.58. The molecule has 0 aromatic heterocycles. The maximum absolute atomic E-state index is 13.5. The number of benzene rings is 1. The van der Waals surface area contributed by atoms with E-state index in [1.165, 1.54) is 50.7 Å². The molecule has 3 nitrogen and oxygen atoms in total. The van der Waals surface area contributed by atoms with Crippen LogP contribution in [0, 0.1) is 11.2 Å². The Kier molecular flexibility index (Phi) is 3.87. The molecule has 2 fully saturated rings. The summed E-state index contributed by atoms with van der Waals surface area (Å²) in [5.41, 5.74) is 6.55. The van der Waals surface area contributed by atoms with Crippen molar-refractivity contribution < 1.29 is 9.18 Å². The van der Waals surface area contributed by atoms with Crippen LogP contribution in [0.2, 0.25) is 0 Å². The fourth-order valence-corrected chi connectivity index (χ4v) is 4.04. The fraction of sp³-hybridized carbons (Fsp3) is 0.588. The normalized spacial score (nSPS) is 21.6. The van der Waals surface area contributed by atoms with Crippen molar-refractivity contribution in [2.45, 2.75) is 57.4 Å². The van der Waals surface area contributed by atoms with Crippen LogP contribution in [-0.4, -0.2) is 11.9 Å². The summed E-state index contributed by atoms with van der Waals surface area (Å²) >= 11 is 0. The van der Waals surface area contributed by atoms with Crippen molar-refractivity contribution in [3.8, 4) is 0 Å². The molecule has 0 saturated heterocycles. The Morgan fingerprint density at radius 1 is 1.19 bits per heavy atom. The SMILES string of the molecule is NC(=O)c1cc(NC2CCC3(CCCC3)CC2)ccc1F. The molecule has 1 aromatic carbocycles. The van der Waals surface area contributed by atoms with Gasteiger partial charge in [0.05, 0.1) is 5.56 Å². The van der Waals surface area contributed by atoms with E-state index in [4.69, 9.17) is 5.73 Å². The summed E-state index contributed by atoms with van der Waals surface area (Å²) in [6, 6.07) is 4.94. The second-order valence-electron chi connectivity index (χ2n) is 6.68. The van der Waals surface area contributed by atoms with Gasteiger partial charge in [-0.15, -0.1) is 0 Å². The number of rotatable bonds is 3. The average Bonchev–Trinajstić information content (AvgIpc) is 2.92. The summed E-state index contributed by atoms with van der Waals surface area (Å²) in [7, 11) is 0. The van der Waals surface area contributed by atoms with Gasteiger partial charge >= 0.3 is 0 Å². The number of hydrogen-bond donors (Lipinski definition) is 2. The van der Waals surface area contributed by atoms with Gasteiger partial charge in [-0.3, -0.25) is 4.79 Å². The third kappa shape index (κ3) is 3.04. The minimum absolute atomic E-state index is 0.0388. The molecule has 2 aliphatic rings. The quantitative estimate of drug-likeness (QED) is 0.888. The lowest BCUT2D eigenvalue weighted by atomic mass is 9.71. The van der Waals surface area contributed by atoms with Crippen molar-refractivity contribution in [3.63, 3.8) is 0 Å². The van der Waals surface area contributed by atoms with Crippen LogP contribution in [-0.2, 0) is 0 Å². The Morgan fingerprint density at radius 3 is 2.48 bits per heavy atom. The van der Waals surface area contributed by atoms with E-state index in [0.717, 1.165) is 18.5 Å². The number of nitrogens with one attached hydrogen (secondary N) is 1. The molecule has 0 aliphatic heterocycles. The number of amides is 1. The van der Waals surface area contributed by atoms with Crippen LogP contribution < -0.4 is 11.1 Å². The predicted octanol–water partition coefficient (Wildman–Crippen LogP) is 3.84. The highest BCUT2D eigenvalue weighted by atomic mass is 19.1.